The van der Waals surface area contributed by atoms with Gasteiger partial charge in [0.05, 0.1) is 0 Å². The van der Waals surface area contributed by atoms with E-state index >= 15 is 0 Å². The number of hydrogen-bond acceptors (Lipinski definition) is 0. The summed E-state index contributed by atoms with van der Waals surface area (Å²) in [7, 11) is 0. The monoisotopic (exact) mass is 290 g/mol. The first-order valence-electron chi connectivity index (χ1n) is 8.09. The average molecular weight is 290 g/mol. The normalized spacial score (nSPS) is 9.55. The molecular weight excluding hydrogens is 264 g/mol. The predicted molar refractivity (Wildman–Crippen MR) is 97.7 cm³/mol. The van der Waals surface area contributed by atoms with Gasteiger partial charge in [-0.15, -0.1) is 18.8 Å². The van der Waals surface area contributed by atoms with Gasteiger partial charge in [-0.05, 0) is 43.3 Å². The zero-order chi connectivity index (χ0) is 16.1. The zero-order valence-electron chi connectivity index (χ0n) is 13.5. The molecule has 0 heterocycles. The van der Waals surface area contributed by atoms with Crippen LogP contribution in [0.3, 0.4) is 0 Å². The molecule has 0 fully saturated rings. The van der Waals surface area contributed by atoms with Crippen molar-refractivity contribution < 1.29 is 0 Å². The number of allylic oxidation sites excluding steroid dienone is 4. The molecule has 22 heavy (non-hydrogen) atoms. The van der Waals surface area contributed by atoms with E-state index in [1.54, 1.807) is 12.2 Å². The van der Waals surface area contributed by atoms with Crippen LogP contribution in [-0.2, 0) is 0 Å². The van der Waals surface area contributed by atoms with Gasteiger partial charge in [0.25, 0.3) is 0 Å². The van der Waals surface area contributed by atoms with E-state index in [1.165, 1.54) is 44.9 Å². The lowest BCUT2D eigenvalue weighted by Gasteiger charge is -1.99. The van der Waals surface area contributed by atoms with Crippen molar-refractivity contribution in [1.82, 2.24) is 0 Å². The summed E-state index contributed by atoms with van der Waals surface area (Å²) in [6.45, 7) is 0. The van der Waals surface area contributed by atoms with Crippen molar-refractivity contribution >= 4 is 0 Å². The maximum atomic E-state index is 5.14. The standard InChI is InChI=1S/C22H26/c1-3-5-7-9-11-13-15-17-19-21-22-20-18-16-14-12-10-8-6-4-2/h1-2,5,7-8,10H,6,9,11,13,15,17,19-22H2/b7-5-,10-8-. The highest BCUT2D eigenvalue weighted by Gasteiger charge is 1.90. The Bertz CT molecular complexity index is 509. The van der Waals surface area contributed by atoms with E-state index in [4.69, 9.17) is 12.8 Å². The molecule has 0 saturated carbocycles. The molecule has 0 N–H and O–H groups in total. The lowest BCUT2D eigenvalue weighted by Crippen LogP contribution is -1.80. The van der Waals surface area contributed by atoms with E-state index in [9.17, 15) is 0 Å². The van der Waals surface area contributed by atoms with Crippen LogP contribution in [0.5, 0.6) is 0 Å². The third-order valence-corrected chi connectivity index (χ3v) is 3.05. The van der Waals surface area contributed by atoms with Gasteiger partial charge < -0.3 is 0 Å². The van der Waals surface area contributed by atoms with Gasteiger partial charge >= 0.3 is 0 Å². The Kier molecular flexibility index (Phi) is 16.8. The molecule has 0 rings (SSSR count). The topological polar surface area (TPSA) is 0 Å². The van der Waals surface area contributed by atoms with E-state index in [0.29, 0.717) is 6.42 Å². The SMILES string of the molecule is C#C/C=C\CCCCCCCCCC#CC#C/C=C\CC#C. The fraction of sp³-hybridized carbons (Fsp3) is 0.455. The molecule has 0 unspecified atom stereocenters. The third-order valence-electron chi connectivity index (χ3n) is 3.05. The van der Waals surface area contributed by atoms with Crippen LogP contribution in [0.25, 0.3) is 0 Å². The Balaban J connectivity index is 3.32. The van der Waals surface area contributed by atoms with Crippen LogP contribution in [0.4, 0.5) is 0 Å². The quantitative estimate of drug-likeness (QED) is 0.379. The van der Waals surface area contributed by atoms with Crippen molar-refractivity contribution in [3.8, 4) is 48.4 Å². The molecule has 114 valence electrons. The summed E-state index contributed by atoms with van der Waals surface area (Å²) < 4.78 is 0. The molecule has 0 aliphatic carbocycles. The second-order valence-corrected chi connectivity index (χ2v) is 4.96. The Morgan fingerprint density at radius 3 is 2.18 bits per heavy atom. The van der Waals surface area contributed by atoms with Gasteiger partial charge in [0.2, 0.25) is 0 Å². The Hall–Kier alpha value is -2.28. The molecule has 0 atom stereocenters. The van der Waals surface area contributed by atoms with E-state index in [1.807, 2.05) is 6.08 Å². The molecule has 0 aliphatic rings. The summed E-state index contributed by atoms with van der Waals surface area (Å²) in [5, 5.41) is 0. The smallest absolute Gasteiger partial charge is 0.0276 e. The van der Waals surface area contributed by atoms with Crippen LogP contribution in [0, 0.1) is 48.4 Å². The van der Waals surface area contributed by atoms with Gasteiger partial charge in [0, 0.05) is 12.8 Å². The highest BCUT2D eigenvalue weighted by molar-refractivity contribution is 5.30. The van der Waals surface area contributed by atoms with Gasteiger partial charge in [-0.1, -0.05) is 62.0 Å². The summed E-state index contributed by atoms with van der Waals surface area (Å²) in [5.74, 6) is 16.6. The maximum Gasteiger partial charge on any atom is 0.0276 e. The van der Waals surface area contributed by atoms with Gasteiger partial charge in [-0.25, -0.2) is 0 Å². The molecule has 0 spiro atoms. The zero-order valence-corrected chi connectivity index (χ0v) is 13.5. The second-order valence-electron chi connectivity index (χ2n) is 4.96. The van der Waals surface area contributed by atoms with Crippen molar-refractivity contribution in [2.75, 3.05) is 0 Å². The van der Waals surface area contributed by atoms with Crippen molar-refractivity contribution in [2.45, 2.75) is 64.2 Å². The fourth-order valence-electron chi connectivity index (χ4n) is 1.88. The molecule has 0 saturated heterocycles. The number of rotatable bonds is 10. The first-order chi connectivity index (χ1) is 10.9. The minimum atomic E-state index is 0.629. The first kappa shape index (κ1) is 19.7. The maximum absolute atomic E-state index is 5.14. The van der Waals surface area contributed by atoms with Crippen LogP contribution >= 0.6 is 0 Å². The van der Waals surface area contributed by atoms with Gasteiger partial charge in [-0.3, -0.25) is 0 Å². The molecular formula is C22H26. The lowest BCUT2D eigenvalue weighted by molar-refractivity contribution is 0.585. The third kappa shape index (κ3) is 17.7. The number of terminal acetylenes is 2. The summed E-state index contributed by atoms with van der Waals surface area (Å²) in [5.41, 5.74) is 0. The minimum absolute atomic E-state index is 0.629. The first-order valence-corrected chi connectivity index (χ1v) is 8.09. The minimum Gasteiger partial charge on any atom is -0.120 e. The fourth-order valence-corrected chi connectivity index (χ4v) is 1.88. The second kappa shape index (κ2) is 18.7. The number of hydrogen-bond donors (Lipinski definition) is 0. The Morgan fingerprint density at radius 1 is 0.727 bits per heavy atom. The van der Waals surface area contributed by atoms with Crippen molar-refractivity contribution in [3.05, 3.63) is 24.3 Å². The molecule has 0 aromatic heterocycles. The molecule has 0 bridgehead atoms. The molecule has 0 aromatic carbocycles. The Labute approximate surface area is 137 Å². The summed E-state index contributed by atoms with van der Waals surface area (Å²) in [6, 6.07) is 0. The summed E-state index contributed by atoms with van der Waals surface area (Å²) >= 11 is 0. The van der Waals surface area contributed by atoms with Crippen LogP contribution in [0.1, 0.15) is 64.2 Å². The summed E-state index contributed by atoms with van der Waals surface area (Å²) in [4.78, 5) is 0. The van der Waals surface area contributed by atoms with E-state index < -0.39 is 0 Å². The van der Waals surface area contributed by atoms with Crippen LogP contribution in [0.15, 0.2) is 24.3 Å². The largest absolute Gasteiger partial charge is 0.120 e. The Morgan fingerprint density at radius 2 is 1.45 bits per heavy atom. The molecule has 0 amide bonds. The lowest BCUT2D eigenvalue weighted by atomic mass is 10.1. The van der Waals surface area contributed by atoms with Crippen molar-refractivity contribution in [1.29, 1.82) is 0 Å². The molecule has 0 aromatic rings. The van der Waals surface area contributed by atoms with E-state index in [2.05, 4.69) is 41.6 Å². The van der Waals surface area contributed by atoms with Crippen molar-refractivity contribution in [3.63, 3.8) is 0 Å². The van der Waals surface area contributed by atoms with Crippen LogP contribution < -0.4 is 0 Å². The molecule has 0 aliphatic heterocycles. The average Bonchev–Trinajstić information content (AvgIpc) is 2.54. The molecule has 0 radical (unpaired) electrons. The number of unbranched alkanes of at least 4 members (excludes halogenated alkanes) is 8. The van der Waals surface area contributed by atoms with Crippen LogP contribution in [-0.4, -0.2) is 0 Å². The van der Waals surface area contributed by atoms with E-state index in [0.717, 1.165) is 12.8 Å². The van der Waals surface area contributed by atoms with Gasteiger partial charge in [0.1, 0.15) is 0 Å². The van der Waals surface area contributed by atoms with Crippen LogP contribution in [0.2, 0.25) is 0 Å². The van der Waals surface area contributed by atoms with Gasteiger partial charge in [-0.2, -0.15) is 0 Å². The highest BCUT2D eigenvalue weighted by atomic mass is 14.0. The highest BCUT2D eigenvalue weighted by Crippen LogP contribution is 2.09. The van der Waals surface area contributed by atoms with Gasteiger partial charge in [0.15, 0.2) is 0 Å². The molecule has 0 nitrogen and oxygen atoms in total. The molecule has 0 heteroatoms. The summed E-state index contributed by atoms with van der Waals surface area (Å²) in [6.07, 6.45) is 29.4. The van der Waals surface area contributed by atoms with E-state index in [-0.39, 0.29) is 0 Å². The predicted octanol–water partition coefficient (Wildman–Crippen LogP) is 5.27. The van der Waals surface area contributed by atoms with Crippen molar-refractivity contribution in [2.24, 2.45) is 0 Å².